The average molecular weight is 434 g/mol. The lowest BCUT2D eigenvalue weighted by Crippen LogP contribution is -2.06. The van der Waals surface area contributed by atoms with Crippen LogP contribution in [0, 0.1) is 0 Å². The van der Waals surface area contributed by atoms with Crippen molar-refractivity contribution < 1.29 is 13.6 Å². The van der Waals surface area contributed by atoms with Crippen molar-refractivity contribution in [3.63, 3.8) is 0 Å². The lowest BCUT2D eigenvalue weighted by molar-refractivity contribution is 0.102. The predicted octanol–water partition coefficient (Wildman–Crippen LogP) is 5.46. The second kappa shape index (κ2) is 8.26. The minimum atomic E-state index is -0.0873. The lowest BCUT2D eigenvalue weighted by atomic mass is 10.1. The number of carbonyl (C=O) groups is 1. The summed E-state index contributed by atoms with van der Waals surface area (Å²) in [6.07, 6.45) is 3.18. The second-order valence-corrected chi connectivity index (χ2v) is 7.55. The number of aromatic nitrogens is 3. The van der Waals surface area contributed by atoms with E-state index in [4.69, 9.17) is 32.0 Å². The van der Waals surface area contributed by atoms with Crippen molar-refractivity contribution in [1.82, 2.24) is 14.8 Å². The van der Waals surface area contributed by atoms with Crippen molar-refractivity contribution in [2.24, 2.45) is 0 Å². The van der Waals surface area contributed by atoms with E-state index in [0.29, 0.717) is 38.9 Å². The van der Waals surface area contributed by atoms with E-state index in [-0.39, 0.29) is 11.5 Å². The van der Waals surface area contributed by atoms with Crippen LogP contribution < -0.4 is 0 Å². The lowest BCUT2D eigenvalue weighted by Gasteiger charge is -2.07. The van der Waals surface area contributed by atoms with Crippen molar-refractivity contribution in [2.45, 2.75) is 11.7 Å². The van der Waals surface area contributed by atoms with E-state index in [0.717, 1.165) is 5.76 Å². The van der Waals surface area contributed by atoms with Gasteiger partial charge in [0.25, 0.3) is 0 Å². The highest BCUT2D eigenvalue weighted by Crippen LogP contribution is 2.27. The number of hydrogen-bond acceptors (Lipinski definition) is 6. The number of furan rings is 2. The number of carbonyl (C=O) groups excluding carboxylic acids is 1. The summed E-state index contributed by atoms with van der Waals surface area (Å²) in [7, 11) is 0. The zero-order valence-electron chi connectivity index (χ0n) is 14.3. The molecule has 4 rings (SSSR count). The van der Waals surface area contributed by atoms with Gasteiger partial charge in [0.2, 0.25) is 5.82 Å². The molecule has 3 heterocycles. The molecule has 0 saturated carbocycles. The SMILES string of the molecule is O=C(CSc1nnc(-c2ccco2)n1Cc1ccco1)c1ccc(Cl)c(Cl)c1. The number of thioether (sulfide) groups is 1. The maximum absolute atomic E-state index is 12.5. The summed E-state index contributed by atoms with van der Waals surface area (Å²) < 4.78 is 12.7. The van der Waals surface area contributed by atoms with Gasteiger partial charge in [0.1, 0.15) is 5.76 Å². The van der Waals surface area contributed by atoms with Crippen LogP contribution in [-0.4, -0.2) is 26.3 Å². The van der Waals surface area contributed by atoms with Crippen LogP contribution in [0.3, 0.4) is 0 Å². The zero-order chi connectivity index (χ0) is 19.5. The van der Waals surface area contributed by atoms with Crippen LogP contribution in [0.25, 0.3) is 11.6 Å². The normalized spacial score (nSPS) is 11.1. The molecule has 142 valence electrons. The van der Waals surface area contributed by atoms with E-state index in [2.05, 4.69) is 10.2 Å². The number of rotatable bonds is 7. The molecule has 0 atom stereocenters. The molecule has 0 aliphatic carbocycles. The van der Waals surface area contributed by atoms with Crippen molar-refractivity contribution in [1.29, 1.82) is 0 Å². The molecule has 0 saturated heterocycles. The Balaban J connectivity index is 1.57. The van der Waals surface area contributed by atoms with Crippen LogP contribution in [0.4, 0.5) is 0 Å². The first-order valence-electron chi connectivity index (χ1n) is 8.22. The largest absolute Gasteiger partial charge is 0.467 e. The molecule has 1 aromatic carbocycles. The highest BCUT2D eigenvalue weighted by atomic mass is 35.5. The van der Waals surface area contributed by atoms with Crippen molar-refractivity contribution in [2.75, 3.05) is 5.75 Å². The first kappa shape index (κ1) is 18.9. The van der Waals surface area contributed by atoms with Crippen molar-refractivity contribution in [3.05, 3.63) is 76.4 Å². The number of nitrogens with zero attached hydrogens (tertiary/aromatic N) is 3. The third kappa shape index (κ3) is 4.01. The molecule has 28 heavy (non-hydrogen) atoms. The Labute approximate surface area is 174 Å². The molecule has 0 aliphatic rings. The van der Waals surface area contributed by atoms with Crippen LogP contribution in [0.2, 0.25) is 10.0 Å². The molecule has 0 radical (unpaired) electrons. The zero-order valence-corrected chi connectivity index (χ0v) is 16.7. The number of Topliss-reactive ketones (excluding diaryl/α,β-unsaturated/α-hetero) is 1. The smallest absolute Gasteiger partial charge is 0.200 e. The van der Waals surface area contributed by atoms with Gasteiger partial charge < -0.3 is 8.83 Å². The van der Waals surface area contributed by atoms with Gasteiger partial charge in [0.15, 0.2) is 16.7 Å². The van der Waals surface area contributed by atoms with Gasteiger partial charge in [-0.1, -0.05) is 35.0 Å². The van der Waals surface area contributed by atoms with Crippen LogP contribution in [0.15, 0.2) is 69.0 Å². The standard InChI is InChI=1S/C19H13Cl2N3O3S/c20-14-6-5-12(9-15(14)21)16(25)11-28-19-23-22-18(17-4-2-8-27-17)24(19)10-13-3-1-7-26-13/h1-9H,10-11H2. The molecular weight excluding hydrogens is 421 g/mol. The molecule has 6 nitrogen and oxygen atoms in total. The maximum atomic E-state index is 12.5. The fourth-order valence-corrected chi connectivity index (χ4v) is 3.70. The van der Waals surface area contributed by atoms with Gasteiger partial charge in [0, 0.05) is 5.56 Å². The van der Waals surface area contributed by atoms with Gasteiger partial charge in [-0.3, -0.25) is 9.36 Å². The average Bonchev–Trinajstić information content (AvgIpc) is 3.44. The number of hydrogen-bond donors (Lipinski definition) is 0. The van der Waals surface area contributed by atoms with Gasteiger partial charge in [-0.2, -0.15) is 0 Å². The summed E-state index contributed by atoms with van der Waals surface area (Å²) in [5.74, 6) is 1.97. The Hall–Kier alpha value is -2.48. The molecular formula is C19H13Cl2N3O3S. The Morgan fingerprint density at radius 3 is 2.57 bits per heavy atom. The third-order valence-electron chi connectivity index (χ3n) is 3.93. The fourth-order valence-electron chi connectivity index (χ4n) is 2.57. The minimum Gasteiger partial charge on any atom is -0.467 e. The van der Waals surface area contributed by atoms with Crippen LogP contribution >= 0.6 is 35.0 Å². The number of halogens is 2. The predicted molar refractivity (Wildman–Crippen MR) is 107 cm³/mol. The molecule has 0 amide bonds. The van der Waals surface area contributed by atoms with Gasteiger partial charge in [-0.05, 0) is 42.5 Å². The molecule has 0 spiro atoms. The van der Waals surface area contributed by atoms with Crippen LogP contribution in [-0.2, 0) is 6.54 Å². The summed E-state index contributed by atoms with van der Waals surface area (Å²) in [5.41, 5.74) is 0.491. The van der Waals surface area contributed by atoms with Gasteiger partial charge in [-0.25, -0.2) is 0 Å². The van der Waals surface area contributed by atoms with E-state index >= 15 is 0 Å². The topological polar surface area (TPSA) is 74.1 Å². The number of benzene rings is 1. The summed E-state index contributed by atoms with van der Waals surface area (Å²) in [6, 6.07) is 12.1. The van der Waals surface area contributed by atoms with Crippen molar-refractivity contribution in [3.8, 4) is 11.6 Å². The van der Waals surface area contributed by atoms with Crippen LogP contribution in [0.1, 0.15) is 16.1 Å². The number of ketones is 1. The minimum absolute atomic E-state index is 0.0873. The van der Waals surface area contributed by atoms with Gasteiger partial charge >= 0.3 is 0 Å². The fraction of sp³-hybridized carbons (Fsp3) is 0.105. The van der Waals surface area contributed by atoms with Crippen molar-refractivity contribution >= 4 is 40.7 Å². The summed E-state index contributed by atoms with van der Waals surface area (Å²) in [5, 5.41) is 9.78. The molecule has 0 unspecified atom stereocenters. The Bertz CT molecular complexity index is 1090. The Morgan fingerprint density at radius 2 is 1.86 bits per heavy atom. The molecule has 0 bridgehead atoms. The summed E-state index contributed by atoms with van der Waals surface area (Å²) >= 11 is 13.2. The van der Waals surface area contributed by atoms with E-state index in [9.17, 15) is 4.79 Å². The molecule has 0 N–H and O–H groups in total. The maximum Gasteiger partial charge on any atom is 0.200 e. The Kier molecular flexibility index (Phi) is 5.57. The quantitative estimate of drug-likeness (QED) is 0.284. The molecule has 0 aliphatic heterocycles. The first-order chi connectivity index (χ1) is 13.6. The van der Waals surface area contributed by atoms with Crippen LogP contribution in [0.5, 0.6) is 0 Å². The van der Waals surface area contributed by atoms with E-state index in [1.807, 2.05) is 16.7 Å². The monoisotopic (exact) mass is 433 g/mol. The van der Waals surface area contributed by atoms with E-state index < -0.39 is 0 Å². The second-order valence-electron chi connectivity index (χ2n) is 5.79. The van der Waals surface area contributed by atoms with E-state index in [1.165, 1.54) is 11.8 Å². The molecule has 3 aromatic heterocycles. The molecule has 0 fully saturated rings. The molecule has 9 heteroatoms. The van der Waals surface area contributed by atoms with Gasteiger partial charge in [0.05, 0.1) is 34.9 Å². The third-order valence-corrected chi connectivity index (χ3v) is 5.63. The highest BCUT2D eigenvalue weighted by Gasteiger charge is 2.19. The first-order valence-corrected chi connectivity index (χ1v) is 9.96. The summed E-state index contributed by atoms with van der Waals surface area (Å²) in [6.45, 7) is 0.416. The van der Waals surface area contributed by atoms with E-state index in [1.54, 1.807) is 42.9 Å². The summed E-state index contributed by atoms with van der Waals surface area (Å²) in [4.78, 5) is 12.5. The Morgan fingerprint density at radius 1 is 1.04 bits per heavy atom. The van der Waals surface area contributed by atoms with Gasteiger partial charge in [-0.15, -0.1) is 10.2 Å². The molecule has 4 aromatic rings. The highest BCUT2D eigenvalue weighted by molar-refractivity contribution is 7.99.